The number of nitrogens with one attached hydrogen (secondary N) is 1. The lowest BCUT2D eigenvalue weighted by Gasteiger charge is -2.46. The zero-order valence-electron chi connectivity index (χ0n) is 11.0. The van der Waals surface area contributed by atoms with Crippen LogP contribution in [0.2, 0.25) is 0 Å². The van der Waals surface area contributed by atoms with Crippen LogP contribution in [0.5, 0.6) is 0 Å². The van der Waals surface area contributed by atoms with Crippen LogP contribution in [0, 0.1) is 0 Å². The van der Waals surface area contributed by atoms with Crippen molar-refractivity contribution in [3.8, 4) is 0 Å². The van der Waals surface area contributed by atoms with Crippen LogP contribution in [0.25, 0.3) is 0 Å². The summed E-state index contributed by atoms with van der Waals surface area (Å²) in [4.78, 5) is 14.1. The molecule has 3 N–H and O–H groups in total. The molecule has 1 aliphatic heterocycles. The maximum Gasteiger partial charge on any atom is 0.322 e. The molecule has 1 aromatic rings. The Morgan fingerprint density at radius 3 is 2.72 bits per heavy atom. The van der Waals surface area contributed by atoms with Crippen molar-refractivity contribution in [1.29, 1.82) is 0 Å². The molecule has 0 aliphatic carbocycles. The fourth-order valence-corrected chi connectivity index (χ4v) is 2.39. The van der Waals surface area contributed by atoms with Gasteiger partial charge in [0.25, 0.3) is 0 Å². The van der Waals surface area contributed by atoms with E-state index in [4.69, 9.17) is 5.73 Å². The van der Waals surface area contributed by atoms with Gasteiger partial charge in [0.15, 0.2) is 0 Å². The first-order valence-corrected chi connectivity index (χ1v) is 6.41. The van der Waals surface area contributed by atoms with E-state index in [1.165, 1.54) is 0 Å². The number of hydrogen-bond acceptors (Lipinski definition) is 2. The monoisotopic (exact) mass is 247 g/mol. The van der Waals surface area contributed by atoms with Gasteiger partial charge in [0.1, 0.15) is 0 Å². The summed E-state index contributed by atoms with van der Waals surface area (Å²) in [7, 11) is 0. The van der Waals surface area contributed by atoms with Gasteiger partial charge in [-0.2, -0.15) is 0 Å². The van der Waals surface area contributed by atoms with E-state index < -0.39 is 0 Å². The molecule has 4 heteroatoms. The van der Waals surface area contributed by atoms with Crippen molar-refractivity contribution in [3.63, 3.8) is 0 Å². The highest BCUT2D eigenvalue weighted by molar-refractivity contribution is 5.89. The van der Waals surface area contributed by atoms with Gasteiger partial charge in [0.2, 0.25) is 0 Å². The number of carbonyl (C=O) groups is 1. The van der Waals surface area contributed by atoms with Gasteiger partial charge < -0.3 is 16.0 Å². The molecule has 0 spiro atoms. The third kappa shape index (κ3) is 2.48. The average molecular weight is 247 g/mol. The molecule has 0 saturated carbocycles. The van der Waals surface area contributed by atoms with Crippen LogP contribution in [0.4, 0.5) is 10.5 Å². The molecule has 1 aliphatic rings. The van der Waals surface area contributed by atoms with Crippen LogP contribution >= 0.6 is 0 Å². The number of urea groups is 1. The summed E-state index contributed by atoms with van der Waals surface area (Å²) in [5.74, 6) is 0. The summed E-state index contributed by atoms with van der Waals surface area (Å²) in [6.07, 6.45) is 1.94. The van der Waals surface area contributed by atoms with Crippen molar-refractivity contribution in [1.82, 2.24) is 4.90 Å². The van der Waals surface area contributed by atoms with E-state index in [2.05, 4.69) is 5.32 Å². The Morgan fingerprint density at radius 2 is 2.06 bits per heavy atom. The predicted molar refractivity (Wildman–Crippen MR) is 73.5 cm³/mol. The largest absolute Gasteiger partial charge is 0.326 e. The average Bonchev–Trinajstić information content (AvgIpc) is 2.33. The Bertz CT molecular complexity index is 416. The second-order valence-corrected chi connectivity index (χ2v) is 5.35. The third-order valence-electron chi connectivity index (χ3n) is 3.77. The van der Waals surface area contributed by atoms with Gasteiger partial charge in [-0.1, -0.05) is 18.2 Å². The summed E-state index contributed by atoms with van der Waals surface area (Å²) < 4.78 is 0. The number of nitrogens with zero attached hydrogens (tertiary/aromatic N) is 1. The lowest BCUT2D eigenvalue weighted by molar-refractivity contribution is 0.0933. The van der Waals surface area contributed by atoms with Gasteiger partial charge in [-0.15, -0.1) is 0 Å². The molecule has 1 unspecified atom stereocenters. The Balaban J connectivity index is 2.09. The Hall–Kier alpha value is -1.55. The van der Waals surface area contributed by atoms with Crippen LogP contribution < -0.4 is 11.1 Å². The fraction of sp³-hybridized carbons (Fsp3) is 0.500. The number of anilines is 1. The summed E-state index contributed by atoms with van der Waals surface area (Å²) >= 11 is 0. The lowest BCUT2D eigenvalue weighted by Crippen LogP contribution is -2.62. The van der Waals surface area contributed by atoms with E-state index in [1.807, 2.05) is 49.1 Å². The van der Waals surface area contributed by atoms with E-state index >= 15 is 0 Å². The quantitative estimate of drug-likeness (QED) is 0.800. The van der Waals surface area contributed by atoms with Crippen LogP contribution in [-0.2, 0) is 0 Å². The molecule has 1 fully saturated rings. The third-order valence-corrected chi connectivity index (χ3v) is 3.77. The van der Waals surface area contributed by atoms with E-state index in [0.717, 1.165) is 25.1 Å². The minimum absolute atomic E-state index is 0.0350. The summed E-state index contributed by atoms with van der Waals surface area (Å²) in [6.45, 7) is 4.82. The van der Waals surface area contributed by atoms with Gasteiger partial charge in [0, 0.05) is 18.3 Å². The maximum atomic E-state index is 12.3. The molecule has 4 nitrogen and oxygen atoms in total. The van der Waals surface area contributed by atoms with Crippen molar-refractivity contribution in [2.75, 3.05) is 11.9 Å². The SMILES string of the molecule is CC1(C)C(N)CCCN1C(=O)Nc1ccccc1. The van der Waals surface area contributed by atoms with Gasteiger partial charge in [-0.3, -0.25) is 0 Å². The summed E-state index contributed by atoms with van der Waals surface area (Å²) in [6, 6.07) is 9.47. The molecule has 98 valence electrons. The lowest BCUT2D eigenvalue weighted by atomic mass is 9.86. The molecule has 0 aromatic heterocycles. The van der Waals surface area contributed by atoms with Crippen molar-refractivity contribution < 1.29 is 4.79 Å². The molecule has 1 heterocycles. The summed E-state index contributed by atoms with van der Waals surface area (Å²) in [5, 5.41) is 2.92. The number of rotatable bonds is 1. The fourth-order valence-electron chi connectivity index (χ4n) is 2.39. The highest BCUT2D eigenvalue weighted by Gasteiger charge is 2.39. The van der Waals surface area contributed by atoms with Crippen molar-refractivity contribution in [2.45, 2.75) is 38.3 Å². The second-order valence-electron chi connectivity index (χ2n) is 5.35. The molecular weight excluding hydrogens is 226 g/mol. The predicted octanol–water partition coefficient (Wildman–Crippen LogP) is 2.42. The molecule has 0 bridgehead atoms. The molecule has 1 aromatic carbocycles. The van der Waals surface area contributed by atoms with Crippen LogP contribution in [0.3, 0.4) is 0 Å². The minimum Gasteiger partial charge on any atom is -0.326 e. The van der Waals surface area contributed by atoms with Crippen molar-refractivity contribution in [2.24, 2.45) is 5.73 Å². The normalized spacial score (nSPS) is 22.6. The van der Waals surface area contributed by atoms with Crippen molar-refractivity contribution >= 4 is 11.7 Å². The first-order valence-electron chi connectivity index (χ1n) is 6.41. The molecule has 1 atom stereocenters. The molecule has 1 saturated heterocycles. The number of likely N-dealkylation sites (tertiary alicyclic amines) is 1. The van der Waals surface area contributed by atoms with E-state index in [0.29, 0.717) is 0 Å². The molecule has 2 rings (SSSR count). The first-order chi connectivity index (χ1) is 8.51. The molecule has 0 radical (unpaired) electrons. The zero-order chi connectivity index (χ0) is 13.2. The molecular formula is C14H21N3O. The first kappa shape index (κ1) is 12.9. The molecule has 18 heavy (non-hydrogen) atoms. The Kier molecular flexibility index (Phi) is 3.57. The summed E-state index contributed by atoms with van der Waals surface area (Å²) in [5.41, 5.74) is 6.63. The van der Waals surface area contributed by atoms with E-state index in [1.54, 1.807) is 0 Å². The highest BCUT2D eigenvalue weighted by atomic mass is 16.2. The zero-order valence-corrected chi connectivity index (χ0v) is 11.0. The number of para-hydroxylation sites is 1. The van der Waals surface area contributed by atoms with Gasteiger partial charge in [0.05, 0.1) is 5.54 Å². The van der Waals surface area contributed by atoms with Gasteiger partial charge in [-0.25, -0.2) is 4.79 Å². The highest BCUT2D eigenvalue weighted by Crippen LogP contribution is 2.27. The Morgan fingerprint density at radius 1 is 1.39 bits per heavy atom. The van der Waals surface area contributed by atoms with Gasteiger partial charge in [-0.05, 0) is 38.8 Å². The maximum absolute atomic E-state index is 12.3. The van der Waals surface area contributed by atoms with E-state index in [-0.39, 0.29) is 17.6 Å². The number of amides is 2. The van der Waals surface area contributed by atoms with Crippen molar-refractivity contribution in [3.05, 3.63) is 30.3 Å². The van der Waals surface area contributed by atoms with E-state index in [9.17, 15) is 4.79 Å². The van der Waals surface area contributed by atoms with Crippen LogP contribution in [0.1, 0.15) is 26.7 Å². The minimum atomic E-state index is -0.295. The Labute approximate surface area is 108 Å². The number of hydrogen-bond donors (Lipinski definition) is 2. The number of carbonyl (C=O) groups excluding carboxylic acids is 1. The van der Waals surface area contributed by atoms with Gasteiger partial charge >= 0.3 is 6.03 Å². The topological polar surface area (TPSA) is 58.4 Å². The van der Waals surface area contributed by atoms with Crippen LogP contribution in [0.15, 0.2) is 30.3 Å². The standard InChI is InChI=1S/C14H21N3O/c1-14(2)12(15)9-6-10-17(14)13(18)16-11-7-4-3-5-8-11/h3-5,7-8,12H,6,9-10,15H2,1-2H3,(H,16,18). The smallest absolute Gasteiger partial charge is 0.322 e. The number of benzene rings is 1. The molecule has 2 amide bonds. The van der Waals surface area contributed by atoms with Crippen LogP contribution in [-0.4, -0.2) is 29.1 Å². The number of piperidine rings is 1. The second kappa shape index (κ2) is 4.98. The number of nitrogens with two attached hydrogens (primary N) is 1.